The summed E-state index contributed by atoms with van der Waals surface area (Å²) < 4.78 is 5.81. The first kappa shape index (κ1) is 19.2. The van der Waals surface area contributed by atoms with Crippen LogP contribution in [-0.2, 0) is 6.42 Å². The van der Waals surface area contributed by atoms with E-state index in [1.165, 1.54) is 5.56 Å². The van der Waals surface area contributed by atoms with Crippen LogP contribution in [0.2, 0.25) is 5.02 Å². The summed E-state index contributed by atoms with van der Waals surface area (Å²) in [5, 5.41) is 11.6. The molecule has 1 aliphatic rings. The van der Waals surface area contributed by atoms with E-state index in [9.17, 15) is 5.11 Å². The summed E-state index contributed by atoms with van der Waals surface area (Å²) in [6, 6.07) is 18.0. The number of hydrogen-bond donors (Lipinski definition) is 1. The molecule has 1 N–H and O–H groups in total. The average molecular weight is 374 g/mol. The Balaban J connectivity index is 1.43. The molecule has 3 nitrogen and oxygen atoms in total. The molecule has 0 bridgehead atoms. The second-order valence-electron chi connectivity index (χ2n) is 7.25. The molecule has 0 saturated carbocycles. The number of hydrogen-bond acceptors (Lipinski definition) is 3. The first-order chi connectivity index (χ1) is 12.6. The summed E-state index contributed by atoms with van der Waals surface area (Å²) in [7, 11) is 0. The highest BCUT2D eigenvalue weighted by atomic mass is 35.5. The third-order valence-corrected chi connectivity index (χ3v) is 5.33. The lowest BCUT2D eigenvalue weighted by atomic mass is 9.96. The minimum Gasteiger partial charge on any atom is -0.491 e. The van der Waals surface area contributed by atoms with Gasteiger partial charge < -0.3 is 14.7 Å². The third-order valence-electron chi connectivity index (χ3n) is 5.10. The van der Waals surface area contributed by atoms with E-state index in [0.717, 1.165) is 57.5 Å². The zero-order valence-corrected chi connectivity index (χ0v) is 16.0. The average Bonchev–Trinajstić information content (AvgIpc) is 2.83. The number of rotatable bonds is 7. The second kappa shape index (κ2) is 9.40. The van der Waals surface area contributed by atoms with Gasteiger partial charge in [0.1, 0.15) is 12.4 Å². The van der Waals surface area contributed by atoms with Gasteiger partial charge in [0, 0.05) is 11.6 Å². The van der Waals surface area contributed by atoms with Crippen LogP contribution in [-0.4, -0.2) is 41.8 Å². The molecule has 1 atom stereocenters. The van der Waals surface area contributed by atoms with Crippen molar-refractivity contribution in [1.82, 2.24) is 4.90 Å². The molecule has 1 aliphatic heterocycles. The molecule has 4 heteroatoms. The van der Waals surface area contributed by atoms with Crippen LogP contribution in [0.4, 0.5) is 0 Å². The van der Waals surface area contributed by atoms with Crippen molar-refractivity contribution in [3.63, 3.8) is 0 Å². The Morgan fingerprint density at radius 2 is 1.88 bits per heavy atom. The predicted octanol–water partition coefficient (Wildman–Crippen LogP) is 4.57. The van der Waals surface area contributed by atoms with E-state index in [2.05, 4.69) is 35.2 Å². The maximum Gasteiger partial charge on any atom is 0.120 e. The van der Waals surface area contributed by atoms with Crippen LogP contribution in [0, 0.1) is 0 Å². The Kier molecular flexibility index (Phi) is 6.95. The van der Waals surface area contributed by atoms with Crippen LogP contribution in [0.15, 0.2) is 54.6 Å². The van der Waals surface area contributed by atoms with Crippen LogP contribution in [0.1, 0.15) is 31.2 Å². The Morgan fingerprint density at radius 3 is 2.69 bits per heavy atom. The highest BCUT2D eigenvalue weighted by Crippen LogP contribution is 2.25. The van der Waals surface area contributed by atoms with Gasteiger partial charge in [0.25, 0.3) is 0 Å². The zero-order valence-electron chi connectivity index (χ0n) is 15.2. The summed E-state index contributed by atoms with van der Waals surface area (Å²) in [6.07, 6.45) is 4.79. The van der Waals surface area contributed by atoms with Gasteiger partial charge in [-0.05, 0) is 69.0 Å². The lowest BCUT2D eigenvalue weighted by Crippen LogP contribution is -2.37. The fourth-order valence-corrected chi connectivity index (χ4v) is 3.71. The van der Waals surface area contributed by atoms with E-state index in [0.29, 0.717) is 11.6 Å². The molecular weight excluding hydrogens is 346 g/mol. The largest absolute Gasteiger partial charge is 0.491 e. The summed E-state index contributed by atoms with van der Waals surface area (Å²) in [6.45, 7) is 3.38. The molecule has 0 aliphatic carbocycles. The summed E-state index contributed by atoms with van der Waals surface area (Å²) >= 11 is 5.99. The molecule has 1 fully saturated rings. The maximum atomic E-state index is 10.9. The van der Waals surface area contributed by atoms with Crippen molar-refractivity contribution in [3.05, 3.63) is 65.2 Å². The van der Waals surface area contributed by atoms with E-state index < -0.39 is 5.60 Å². The van der Waals surface area contributed by atoms with Gasteiger partial charge in [-0.1, -0.05) is 48.0 Å². The second-order valence-corrected chi connectivity index (χ2v) is 7.69. The van der Waals surface area contributed by atoms with Gasteiger partial charge in [0.2, 0.25) is 0 Å². The van der Waals surface area contributed by atoms with Crippen molar-refractivity contribution in [1.29, 1.82) is 0 Å². The predicted molar refractivity (Wildman–Crippen MR) is 107 cm³/mol. The van der Waals surface area contributed by atoms with E-state index in [1.54, 1.807) is 6.07 Å². The van der Waals surface area contributed by atoms with Crippen molar-refractivity contribution >= 4 is 11.6 Å². The highest BCUT2D eigenvalue weighted by molar-refractivity contribution is 6.30. The van der Waals surface area contributed by atoms with Crippen LogP contribution >= 0.6 is 11.6 Å². The Labute approximate surface area is 161 Å². The SMILES string of the molecule is OC1(COc2cccc(Cl)c2)CCCN(CCCc2ccccc2)CC1. The molecule has 0 amide bonds. The molecular formula is C22H28ClNO2. The summed E-state index contributed by atoms with van der Waals surface area (Å²) in [4.78, 5) is 2.47. The van der Waals surface area contributed by atoms with Gasteiger partial charge in [0.05, 0.1) is 5.60 Å². The van der Waals surface area contributed by atoms with Crippen LogP contribution in [0.3, 0.4) is 0 Å². The molecule has 1 saturated heterocycles. The standard InChI is InChI=1S/C22H28ClNO2/c23-20-10-4-11-21(17-20)26-18-22(25)12-6-15-24(16-13-22)14-5-9-19-7-2-1-3-8-19/h1-4,7-8,10-11,17,25H,5-6,9,12-16,18H2. The molecule has 0 spiro atoms. The monoisotopic (exact) mass is 373 g/mol. The van der Waals surface area contributed by atoms with E-state index in [-0.39, 0.29) is 0 Å². The molecule has 1 heterocycles. The van der Waals surface area contributed by atoms with Crippen molar-refractivity contribution in [2.75, 3.05) is 26.2 Å². The number of likely N-dealkylation sites (tertiary alicyclic amines) is 1. The first-order valence-electron chi connectivity index (χ1n) is 9.50. The zero-order chi connectivity index (χ0) is 18.2. The molecule has 2 aromatic rings. The van der Waals surface area contributed by atoms with E-state index >= 15 is 0 Å². The van der Waals surface area contributed by atoms with Crippen molar-refractivity contribution in [3.8, 4) is 5.75 Å². The Hall–Kier alpha value is -1.55. The number of nitrogens with zero attached hydrogens (tertiary/aromatic N) is 1. The van der Waals surface area contributed by atoms with Crippen LogP contribution < -0.4 is 4.74 Å². The number of benzene rings is 2. The van der Waals surface area contributed by atoms with Crippen molar-refractivity contribution in [2.24, 2.45) is 0 Å². The van der Waals surface area contributed by atoms with Gasteiger partial charge in [-0.15, -0.1) is 0 Å². The topological polar surface area (TPSA) is 32.7 Å². The lowest BCUT2D eigenvalue weighted by molar-refractivity contribution is -0.0167. The van der Waals surface area contributed by atoms with Gasteiger partial charge >= 0.3 is 0 Å². The van der Waals surface area contributed by atoms with Gasteiger partial charge in [-0.3, -0.25) is 0 Å². The molecule has 1 unspecified atom stereocenters. The number of halogens is 1. The fourth-order valence-electron chi connectivity index (χ4n) is 3.53. The molecule has 26 heavy (non-hydrogen) atoms. The Bertz CT molecular complexity index is 679. The van der Waals surface area contributed by atoms with Crippen LogP contribution in [0.5, 0.6) is 5.75 Å². The normalized spacial score (nSPS) is 21.3. The van der Waals surface area contributed by atoms with Crippen molar-refractivity contribution < 1.29 is 9.84 Å². The van der Waals surface area contributed by atoms with Gasteiger partial charge in [-0.2, -0.15) is 0 Å². The highest BCUT2D eigenvalue weighted by Gasteiger charge is 2.31. The van der Waals surface area contributed by atoms with E-state index in [1.807, 2.05) is 18.2 Å². The number of ether oxygens (including phenoxy) is 1. The van der Waals surface area contributed by atoms with E-state index in [4.69, 9.17) is 16.3 Å². The molecule has 140 valence electrons. The Morgan fingerprint density at radius 1 is 1.04 bits per heavy atom. The fraction of sp³-hybridized carbons (Fsp3) is 0.455. The third kappa shape index (κ3) is 6.01. The summed E-state index contributed by atoms with van der Waals surface area (Å²) in [5.41, 5.74) is 0.644. The maximum absolute atomic E-state index is 10.9. The first-order valence-corrected chi connectivity index (χ1v) is 9.88. The van der Waals surface area contributed by atoms with Crippen molar-refractivity contribution in [2.45, 2.75) is 37.7 Å². The smallest absolute Gasteiger partial charge is 0.120 e. The molecule has 0 aromatic heterocycles. The lowest BCUT2D eigenvalue weighted by Gasteiger charge is -2.27. The molecule has 2 aromatic carbocycles. The van der Waals surface area contributed by atoms with Gasteiger partial charge in [-0.25, -0.2) is 0 Å². The number of aryl methyl sites for hydroxylation is 1. The van der Waals surface area contributed by atoms with Gasteiger partial charge in [0.15, 0.2) is 0 Å². The molecule has 3 rings (SSSR count). The van der Waals surface area contributed by atoms with Crippen LogP contribution in [0.25, 0.3) is 0 Å². The quantitative estimate of drug-likeness (QED) is 0.771. The number of aliphatic hydroxyl groups is 1. The minimum absolute atomic E-state index is 0.325. The molecule has 0 radical (unpaired) electrons. The minimum atomic E-state index is -0.753. The summed E-state index contributed by atoms with van der Waals surface area (Å²) in [5.74, 6) is 0.717.